The minimum absolute atomic E-state index is 0.00442. The Morgan fingerprint density at radius 1 is 1.26 bits per heavy atom. The molecule has 11 heteroatoms. The van der Waals surface area contributed by atoms with Gasteiger partial charge in [-0.15, -0.1) is 11.3 Å². The molecule has 2 N–H and O–H groups in total. The van der Waals surface area contributed by atoms with Crippen LogP contribution in [0.5, 0.6) is 0 Å². The molecule has 0 bridgehead atoms. The van der Waals surface area contributed by atoms with Crippen molar-refractivity contribution in [3.05, 3.63) is 41.7 Å². The fraction of sp³-hybridized carbons (Fsp3) is 0.450. The number of carbonyl (C=O) groups excluding carboxylic acids is 2. The van der Waals surface area contributed by atoms with Crippen molar-refractivity contribution in [2.45, 2.75) is 37.6 Å². The third-order valence-corrected chi connectivity index (χ3v) is 7.68. The molecule has 0 aliphatic carbocycles. The van der Waals surface area contributed by atoms with Crippen LogP contribution in [0.15, 0.2) is 40.7 Å². The van der Waals surface area contributed by atoms with Gasteiger partial charge in [-0.2, -0.15) is 4.31 Å². The largest absolute Gasteiger partial charge is 0.344 e. The number of amides is 2. The van der Waals surface area contributed by atoms with Gasteiger partial charge in [0, 0.05) is 24.7 Å². The van der Waals surface area contributed by atoms with E-state index in [1.165, 1.54) is 27.8 Å². The van der Waals surface area contributed by atoms with Crippen LogP contribution < -0.4 is 10.6 Å². The molecule has 1 fully saturated rings. The Balaban J connectivity index is 1.67. The molecule has 168 valence electrons. The van der Waals surface area contributed by atoms with Crippen molar-refractivity contribution in [3.63, 3.8) is 0 Å². The van der Waals surface area contributed by atoms with Gasteiger partial charge in [-0.1, -0.05) is 13.8 Å². The van der Waals surface area contributed by atoms with Gasteiger partial charge >= 0.3 is 0 Å². The van der Waals surface area contributed by atoms with Crippen LogP contribution in [0.25, 0.3) is 0 Å². The molecule has 0 saturated carbocycles. The Kier molecular flexibility index (Phi) is 7.39. The first kappa shape index (κ1) is 23.3. The van der Waals surface area contributed by atoms with Gasteiger partial charge in [-0.05, 0) is 43.0 Å². The summed E-state index contributed by atoms with van der Waals surface area (Å²) in [6.07, 6.45) is 2.60. The maximum absolute atomic E-state index is 13.2. The molecule has 1 aromatic carbocycles. The van der Waals surface area contributed by atoms with Gasteiger partial charge in [-0.25, -0.2) is 17.8 Å². The van der Waals surface area contributed by atoms with Gasteiger partial charge in [-0.3, -0.25) is 9.59 Å². The quantitative estimate of drug-likeness (QED) is 0.649. The number of halogens is 1. The van der Waals surface area contributed by atoms with Gasteiger partial charge in [0.15, 0.2) is 5.13 Å². The lowest BCUT2D eigenvalue weighted by Gasteiger charge is -2.32. The van der Waals surface area contributed by atoms with E-state index in [1.807, 2.05) is 13.8 Å². The summed E-state index contributed by atoms with van der Waals surface area (Å²) in [5, 5.41) is 7.64. The van der Waals surface area contributed by atoms with Gasteiger partial charge < -0.3 is 10.6 Å². The highest BCUT2D eigenvalue weighted by Crippen LogP contribution is 2.24. The lowest BCUT2D eigenvalue weighted by Crippen LogP contribution is -2.52. The Hall–Kier alpha value is -2.37. The molecule has 2 heterocycles. The average Bonchev–Trinajstić information content (AvgIpc) is 3.25. The smallest absolute Gasteiger partial charge is 0.248 e. The number of nitrogens with one attached hydrogen (secondary N) is 2. The van der Waals surface area contributed by atoms with E-state index >= 15 is 0 Å². The Morgan fingerprint density at radius 2 is 1.97 bits per heavy atom. The summed E-state index contributed by atoms with van der Waals surface area (Å²) < 4.78 is 40.2. The lowest BCUT2D eigenvalue weighted by molar-refractivity contribution is -0.130. The van der Waals surface area contributed by atoms with Crippen molar-refractivity contribution in [3.8, 4) is 0 Å². The zero-order chi connectivity index (χ0) is 22.6. The van der Waals surface area contributed by atoms with Crippen LogP contribution in [-0.4, -0.2) is 48.7 Å². The van der Waals surface area contributed by atoms with E-state index in [-0.39, 0.29) is 35.7 Å². The number of thiazole rings is 1. The predicted octanol–water partition coefficient (Wildman–Crippen LogP) is 2.46. The molecule has 2 aromatic rings. The van der Waals surface area contributed by atoms with Crippen LogP contribution in [0.3, 0.4) is 0 Å². The summed E-state index contributed by atoms with van der Waals surface area (Å²) in [5.74, 6) is -2.02. The first-order valence-corrected chi connectivity index (χ1v) is 12.3. The predicted molar refractivity (Wildman–Crippen MR) is 115 cm³/mol. The first-order valence-electron chi connectivity index (χ1n) is 9.95. The number of piperidine rings is 1. The first-order chi connectivity index (χ1) is 14.7. The molecule has 0 spiro atoms. The molecule has 1 aliphatic rings. The zero-order valence-corrected chi connectivity index (χ0v) is 18.9. The van der Waals surface area contributed by atoms with Gasteiger partial charge in [0.05, 0.1) is 10.8 Å². The highest BCUT2D eigenvalue weighted by atomic mass is 32.2. The average molecular weight is 469 g/mol. The number of aromatic nitrogens is 1. The molecule has 3 rings (SSSR count). The summed E-state index contributed by atoms with van der Waals surface area (Å²) in [4.78, 5) is 29.5. The summed E-state index contributed by atoms with van der Waals surface area (Å²) in [6, 6.07) is 3.84. The van der Waals surface area contributed by atoms with E-state index in [1.54, 1.807) is 11.6 Å². The highest BCUT2D eigenvalue weighted by molar-refractivity contribution is 7.89. The van der Waals surface area contributed by atoms with Crippen molar-refractivity contribution >= 4 is 38.3 Å². The fourth-order valence-corrected chi connectivity index (χ4v) is 5.46. The van der Waals surface area contributed by atoms with Gasteiger partial charge in [0.1, 0.15) is 11.9 Å². The van der Waals surface area contributed by atoms with E-state index in [0.717, 1.165) is 12.1 Å². The standard InChI is InChI=1S/C20H25FN4O4S2/c1-13(2)17(19(27)24-20-22-9-11-30-20)23-18(26)14-4-3-10-25(12-14)31(28,29)16-7-5-15(21)6-8-16/h5-9,11,13-14,17H,3-4,10,12H2,1-2H3,(H,23,26)(H,22,24,27)/t14-,17+/m1/s1. The third kappa shape index (κ3) is 5.66. The molecule has 31 heavy (non-hydrogen) atoms. The molecule has 1 aromatic heterocycles. The number of hydrogen-bond acceptors (Lipinski definition) is 6. The fourth-order valence-electron chi connectivity index (χ4n) is 3.40. The van der Waals surface area contributed by atoms with E-state index in [2.05, 4.69) is 15.6 Å². The second-order valence-electron chi connectivity index (χ2n) is 7.71. The van der Waals surface area contributed by atoms with Crippen molar-refractivity contribution in [1.29, 1.82) is 0 Å². The Labute approximate surface area is 184 Å². The monoisotopic (exact) mass is 468 g/mol. The Morgan fingerprint density at radius 3 is 2.58 bits per heavy atom. The second-order valence-corrected chi connectivity index (χ2v) is 10.5. The summed E-state index contributed by atoms with van der Waals surface area (Å²) >= 11 is 1.28. The summed E-state index contributed by atoms with van der Waals surface area (Å²) in [6.45, 7) is 3.92. The molecule has 2 amide bonds. The molecular weight excluding hydrogens is 443 g/mol. The van der Waals surface area contributed by atoms with E-state index in [0.29, 0.717) is 18.0 Å². The minimum atomic E-state index is -3.84. The summed E-state index contributed by atoms with van der Waals surface area (Å²) in [5.41, 5.74) is 0. The lowest BCUT2D eigenvalue weighted by atomic mass is 9.96. The number of sulfonamides is 1. The molecule has 8 nitrogen and oxygen atoms in total. The van der Waals surface area contributed by atoms with Gasteiger partial charge in [0.25, 0.3) is 0 Å². The van der Waals surface area contributed by atoms with Crippen LogP contribution in [0.4, 0.5) is 9.52 Å². The number of rotatable bonds is 7. The van der Waals surface area contributed by atoms with E-state index < -0.39 is 27.8 Å². The number of benzene rings is 1. The molecule has 1 aliphatic heterocycles. The molecule has 2 atom stereocenters. The number of nitrogens with zero attached hydrogens (tertiary/aromatic N) is 2. The maximum Gasteiger partial charge on any atom is 0.248 e. The number of carbonyl (C=O) groups is 2. The minimum Gasteiger partial charge on any atom is -0.344 e. The molecule has 0 radical (unpaired) electrons. The molecule has 0 unspecified atom stereocenters. The van der Waals surface area contributed by atoms with Crippen LogP contribution in [0.1, 0.15) is 26.7 Å². The Bertz CT molecular complexity index is 1010. The van der Waals surface area contributed by atoms with Crippen molar-refractivity contribution in [1.82, 2.24) is 14.6 Å². The third-order valence-electron chi connectivity index (χ3n) is 5.12. The van der Waals surface area contributed by atoms with Crippen LogP contribution in [-0.2, 0) is 19.6 Å². The maximum atomic E-state index is 13.2. The number of anilines is 1. The van der Waals surface area contributed by atoms with Crippen molar-refractivity contribution in [2.75, 3.05) is 18.4 Å². The number of hydrogen-bond donors (Lipinski definition) is 2. The van der Waals surface area contributed by atoms with Crippen molar-refractivity contribution < 1.29 is 22.4 Å². The van der Waals surface area contributed by atoms with Crippen molar-refractivity contribution in [2.24, 2.45) is 11.8 Å². The normalized spacial score (nSPS) is 18.5. The summed E-state index contributed by atoms with van der Waals surface area (Å²) in [7, 11) is -3.84. The second kappa shape index (κ2) is 9.84. The van der Waals surface area contributed by atoms with Gasteiger partial charge in [0.2, 0.25) is 21.8 Å². The molecular formula is C20H25FN4O4S2. The highest BCUT2D eigenvalue weighted by Gasteiger charge is 2.35. The SMILES string of the molecule is CC(C)[C@H](NC(=O)[C@@H]1CCCN(S(=O)(=O)c2ccc(F)cc2)C1)C(=O)Nc1nccs1. The molecule has 1 saturated heterocycles. The van der Waals surface area contributed by atoms with Crippen LogP contribution in [0.2, 0.25) is 0 Å². The van der Waals surface area contributed by atoms with E-state index in [4.69, 9.17) is 0 Å². The zero-order valence-electron chi connectivity index (χ0n) is 17.2. The van der Waals surface area contributed by atoms with Crippen LogP contribution in [0, 0.1) is 17.7 Å². The van der Waals surface area contributed by atoms with Crippen LogP contribution >= 0.6 is 11.3 Å². The topological polar surface area (TPSA) is 108 Å². The van der Waals surface area contributed by atoms with E-state index in [9.17, 15) is 22.4 Å².